The van der Waals surface area contributed by atoms with Crippen molar-refractivity contribution in [2.75, 3.05) is 0 Å². The van der Waals surface area contributed by atoms with Gasteiger partial charge in [-0.2, -0.15) is 0 Å². The molecule has 1 aromatic carbocycles. The molecule has 0 atom stereocenters. The molecule has 0 spiro atoms. The second-order valence-corrected chi connectivity index (χ2v) is 3.72. The van der Waals surface area contributed by atoms with E-state index in [0.29, 0.717) is 0 Å². The van der Waals surface area contributed by atoms with E-state index in [9.17, 15) is 9.18 Å². The Labute approximate surface area is 101 Å². The summed E-state index contributed by atoms with van der Waals surface area (Å²) in [5.74, 6) is -2.25. The molecular formula is C11H7ClFNO3. The SMILES string of the molecule is Cc1nc(-c2c(F)cccc2Cl)c(C(=O)O)o1. The number of aromatic nitrogens is 1. The van der Waals surface area contributed by atoms with Crippen molar-refractivity contribution in [1.82, 2.24) is 4.98 Å². The van der Waals surface area contributed by atoms with E-state index in [0.717, 1.165) is 0 Å². The van der Waals surface area contributed by atoms with E-state index in [-0.39, 0.29) is 22.2 Å². The van der Waals surface area contributed by atoms with Crippen molar-refractivity contribution in [2.24, 2.45) is 0 Å². The predicted molar refractivity (Wildman–Crippen MR) is 58.6 cm³/mol. The molecule has 0 aliphatic heterocycles. The molecule has 2 rings (SSSR count). The number of carboxylic acids is 1. The fourth-order valence-corrected chi connectivity index (χ4v) is 1.72. The maximum absolute atomic E-state index is 13.6. The average Bonchev–Trinajstić information content (AvgIpc) is 2.60. The molecule has 2 aromatic rings. The van der Waals surface area contributed by atoms with Gasteiger partial charge in [-0.25, -0.2) is 14.2 Å². The molecule has 1 N–H and O–H groups in total. The number of rotatable bonds is 2. The Morgan fingerprint density at radius 3 is 2.82 bits per heavy atom. The van der Waals surface area contributed by atoms with Gasteiger partial charge >= 0.3 is 5.97 Å². The molecule has 0 aliphatic carbocycles. The summed E-state index contributed by atoms with van der Waals surface area (Å²) in [5.41, 5.74) is -0.165. The van der Waals surface area contributed by atoms with E-state index in [4.69, 9.17) is 21.1 Å². The number of benzene rings is 1. The van der Waals surface area contributed by atoms with E-state index in [1.807, 2.05) is 0 Å². The van der Waals surface area contributed by atoms with Crippen molar-refractivity contribution in [2.45, 2.75) is 6.92 Å². The van der Waals surface area contributed by atoms with Crippen LogP contribution in [0.2, 0.25) is 5.02 Å². The highest BCUT2D eigenvalue weighted by Gasteiger charge is 2.23. The van der Waals surface area contributed by atoms with Crippen molar-refractivity contribution in [3.8, 4) is 11.3 Å². The van der Waals surface area contributed by atoms with Gasteiger partial charge in [0.1, 0.15) is 11.5 Å². The Morgan fingerprint density at radius 1 is 1.53 bits per heavy atom. The van der Waals surface area contributed by atoms with Gasteiger partial charge in [0.25, 0.3) is 0 Å². The van der Waals surface area contributed by atoms with Crippen LogP contribution in [-0.2, 0) is 0 Å². The number of aromatic carboxylic acids is 1. The van der Waals surface area contributed by atoms with Crippen LogP contribution in [0.25, 0.3) is 11.3 Å². The first-order chi connectivity index (χ1) is 8.00. The zero-order chi connectivity index (χ0) is 12.6. The van der Waals surface area contributed by atoms with Crippen LogP contribution in [0.3, 0.4) is 0 Å². The van der Waals surface area contributed by atoms with Crippen LogP contribution in [-0.4, -0.2) is 16.1 Å². The van der Waals surface area contributed by atoms with Crippen LogP contribution >= 0.6 is 11.6 Å². The number of aryl methyl sites for hydroxylation is 1. The van der Waals surface area contributed by atoms with Gasteiger partial charge in [-0.05, 0) is 12.1 Å². The van der Waals surface area contributed by atoms with E-state index < -0.39 is 17.5 Å². The second-order valence-electron chi connectivity index (χ2n) is 3.31. The van der Waals surface area contributed by atoms with E-state index >= 15 is 0 Å². The molecule has 0 amide bonds. The normalized spacial score (nSPS) is 10.5. The Bertz CT molecular complexity index is 574. The predicted octanol–water partition coefficient (Wildman–Crippen LogP) is 3.14. The zero-order valence-corrected chi connectivity index (χ0v) is 9.45. The number of carboxylic acid groups (broad SMARTS) is 1. The standard InChI is InChI=1S/C11H7ClFNO3/c1-5-14-9(10(17-5)11(15)16)8-6(12)3-2-4-7(8)13/h2-4H,1H3,(H,15,16). The second kappa shape index (κ2) is 4.18. The lowest BCUT2D eigenvalue weighted by molar-refractivity contribution is 0.0662. The number of carbonyl (C=O) groups is 1. The molecule has 1 heterocycles. The Morgan fingerprint density at radius 2 is 2.24 bits per heavy atom. The van der Waals surface area contributed by atoms with E-state index in [1.165, 1.54) is 25.1 Å². The summed E-state index contributed by atoms with van der Waals surface area (Å²) >= 11 is 5.84. The summed E-state index contributed by atoms with van der Waals surface area (Å²) in [7, 11) is 0. The minimum atomic E-state index is -1.32. The highest BCUT2D eigenvalue weighted by Crippen LogP contribution is 2.32. The Balaban J connectivity index is 2.72. The fourth-order valence-electron chi connectivity index (χ4n) is 1.47. The molecule has 0 aliphatic rings. The third-order valence-electron chi connectivity index (χ3n) is 2.13. The minimum Gasteiger partial charge on any atom is -0.475 e. The maximum Gasteiger partial charge on any atom is 0.374 e. The van der Waals surface area contributed by atoms with Crippen LogP contribution in [0.1, 0.15) is 16.4 Å². The lowest BCUT2D eigenvalue weighted by Crippen LogP contribution is -1.98. The fraction of sp³-hybridized carbons (Fsp3) is 0.0909. The molecule has 0 saturated heterocycles. The molecule has 6 heteroatoms. The smallest absolute Gasteiger partial charge is 0.374 e. The highest BCUT2D eigenvalue weighted by atomic mass is 35.5. The van der Waals surface area contributed by atoms with Gasteiger partial charge in [-0.3, -0.25) is 0 Å². The first-order valence-electron chi connectivity index (χ1n) is 4.66. The summed E-state index contributed by atoms with van der Waals surface area (Å²) in [6, 6.07) is 4.06. The molecule has 4 nitrogen and oxygen atoms in total. The van der Waals surface area contributed by atoms with Crippen LogP contribution in [0.5, 0.6) is 0 Å². The highest BCUT2D eigenvalue weighted by molar-refractivity contribution is 6.33. The molecular weight excluding hydrogens is 249 g/mol. The Kier molecular flexibility index (Phi) is 2.85. The van der Waals surface area contributed by atoms with Crippen molar-refractivity contribution in [3.05, 3.63) is 40.7 Å². The topological polar surface area (TPSA) is 63.3 Å². The minimum absolute atomic E-state index is 0.0663. The molecule has 17 heavy (non-hydrogen) atoms. The first kappa shape index (κ1) is 11.6. The molecule has 1 aromatic heterocycles. The molecule has 0 unspecified atom stereocenters. The van der Waals surface area contributed by atoms with Gasteiger partial charge in [0.2, 0.25) is 5.76 Å². The van der Waals surface area contributed by atoms with Crippen LogP contribution in [0, 0.1) is 12.7 Å². The summed E-state index contributed by atoms with van der Waals surface area (Å²) in [6.07, 6.45) is 0. The quantitative estimate of drug-likeness (QED) is 0.895. The monoisotopic (exact) mass is 255 g/mol. The molecule has 0 radical (unpaired) electrons. The van der Waals surface area contributed by atoms with Gasteiger partial charge in [-0.15, -0.1) is 0 Å². The third-order valence-corrected chi connectivity index (χ3v) is 2.44. The number of hydrogen-bond acceptors (Lipinski definition) is 3. The Hall–Kier alpha value is -1.88. The van der Waals surface area contributed by atoms with Crippen LogP contribution in [0.15, 0.2) is 22.6 Å². The van der Waals surface area contributed by atoms with Crippen molar-refractivity contribution < 1.29 is 18.7 Å². The van der Waals surface area contributed by atoms with Crippen LogP contribution in [0.4, 0.5) is 4.39 Å². The van der Waals surface area contributed by atoms with Crippen molar-refractivity contribution >= 4 is 17.6 Å². The van der Waals surface area contributed by atoms with Gasteiger partial charge in [0.05, 0.1) is 10.6 Å². The van der Waals surface area contributed by atoms with Crippen molar-refractivity contribution in [1.29, 1.82) is 0 Å². The molecule has 88 valence electrons. The summed E-state index contributed by atoms with van der Waals surface area (Å²) in [5, 5.41) is 9.01. The summed E-state index contributed by atoms with van der Waals surface area (Å²) < 4.78 is 18.5. The van der Waals surface area contributed by atoms with E-state index in [1.54, 1.807) is 0 Å². The number of oxazole rings is 1. The number of hydrogen-bond donors (Lipinski definition) is 1. The molecule has 0 bridgehead atoms. The van der Waals surface area contributed by atoms with Gasteiger partial charge in [0.15, 0.2) is 5.89 Å². The number of nitrogens with zero attached hydrogens (tertiary/aromatic N) is 1. The largest absolute Gasteiger partial charge is 0.475 e. The number of halogens is 2. The zero-order valence-electron chi connectivity index (χ0n) is 8.70. The summed E-state index contributed by atoms with van der Waals surface area (Å²) in [4.78, 5) is 14.8. The lowest BCUT2D eigenvalue weighted by atomic mass is 10.1. The van der Waals surface area contributed by atoms with Crippen LogP contribution < -0.4 is 0 Å². The average molecular weight is 256 g/mol. The first-order valence-corrected chi connectivity index (χ1v) is 5.03. The molecule has 0 saturated carbocycles. The van der Waals surface area contributed by atoms with Crippen molar-refractivity contribution in [3.63, 3.8) is 0 Å². The van der Waals surface area contributed by atoms with Gasteiger partial charge < -0.3 is 9.52 Å². The maximum atomic E-state index is 13.6. The summed E-state index contributed by atoms with van der Waals surface area (Å²) in [6.45, 7) is 1.48. The van der Waals surface area contributed by atoms with Gasteiger partial charge in [0, 0.05) is 6.92 Å². The van der Waals surface area contributed by atoms with E-state index in [2.05, 4.69) is 4.98 Å². The molecule has 0 fully saturated rings. The third kappa shape index (κ3) is 2.01. The van der Waals surface area contributed by atoms with Gasteiger partial charge in [-0.1, -0.05) is 17.7 Å². The lowest BCUT2D eigenvalue weighted by Gasteiger charge is -2.02.